The van der Waals surface area contributed by atoms with Crippen LogP contribution in [0.15, 0.2) is 42.6 Å². The predicted molar refractivity (Wildman–Crippen MR) is 98.9 cm³/mol. The zero-order valence-corrected chi connectivity index (χ0v) is 14.8. The van der Waals surface area contributed by atoms with E-state index in [2.05, 4.69) is 15.6 Å². The van der Waals surface area contributed by atoms with Gasteiger partial charge in [-0.05, 0) is 57.4 Å². The summed E-state index contributed by atoms with van der Waals surface area (Å²) < 4.78 is 0. The molecule has 0 aliphatic rings. The number of anilines is 1. The van der Waals surface area contributed by atoms with E-state index in [1.165, 1.54) is 12.3 Å². The van der Waals surface area contributed by atoms with E-state index >= 15 is 0 Å². The highest BCUT2D eigenvalue weighted by Gasteiger charge is 2.12. The summed E-state index contributed by atoms with van der Waals surface area (Å²) in [5.41, 5.74) is 1.45. The number of rotatable bonds is 7. The fourth-order valence-corrected chi connectivity index (χ4v) is 2.26. The first-order chi connectivity index (χ1) is 12.5. The Bertz CT molecular complexity index is 827. The Morgan fingerprint density at radius 1 is 1.19 bits per heavy atom. The number of amides is 2. The number of hydrogen-bond acceptors (Lipinski definition) is 5. The lowest BCUT2D eigenvalue weighted by molar-refractivity contribution is 0.0952. The second kappa shape index (κ2) is 9.30. The van der Waals surface area contributed by atoms with E-state index in [0.29, 0.717) is 23.4 Å². The van der Waals surface area contributed by atoms with Crippen LogP contribution in [-0.2, 0) is 0 Å². The third-order valence-corrected chi connectivity index (χ3v) is 3.57. The van der Waals surface area contributed by atoms with Gasteiger partial charge in [-0.1, -0.05) is 6.07 Å². The SMILES string of the molecule is CN(C)CCCNC(=O)c1ccnc(C(=O)Nc2cccc(C#N)c2)c1. The van der Waals surface area contributed by atoms with Crippen LogP contribution in [0, 0.1) is 11.3 Å². The zero-order valence-electron chi connectivity index (χ0n) is 14.8. The third kappa shape index (κ3) is 5.69. The average molecular weight is 351 g/mol. The lowest BCUT2D eigenvalue weighted by Gasteiger charge is -2.10. The Labute approximate surface area is 152 Å². The molecule has 134 valence electrons. The highest BCUT2D eigenvalue weighted by Crippen LogP contribution is 2.11. The van der Waals surface area contributed by atoms with E-state index in [4.69, 9.17) is 5.26 Å². The number of carbonyl (C=O) groups is 2. The van der Waals surface area contributed by atoms with Crippen molar-refractivity contribution in [3.8, 4) is 6.07 Å². The van der Waals surface area contributed by atoms with Gasteiger partial charge in [0.1, 0.15) is 5.69 Å². The summed E-state index contributed by atoms with van der Waals surface area (Å²) in [6, 6.07) is 11.6. The molecule has 0 saturated carbocycles. The second-order valence-corrected chi connectivity index (χ2v) is 5.99. The number of pyridine rings is 1. The second-order valence-electron chi connectivity index (χ2n) is 5.99. The Balaban J connectivity index is 2.00. The molecule has 0 aliphatic heterocycles. The summed E-state index contributed by atoms with van der Waals surface area (Å²) in [4.78, 5) is 30.6. The number of carbonyl (C=O) groups excluding carboxylic acids is 2. The first kappa shape index (κ1) is 19.1. The van der Waals surface area contributed by atoms with Gasteiger partial charge in [-0.3, -0.25) is 14.6 Å². The number of nitrogens with zero attached hydrogens (tertiary/aromatic N) is 3. The van der Waals surface area contributed by atoms with E-state index in [9.17, 15) is 9.59 Å². The van der Waals surface area contributed by atoms with Crippen LogP contribution < -0.4 is 10.6 Å². The Hall–Kier alpha value is -3.24. The maximum absolute atomic E-state index is 12.3. The molecule has 2 amide bonds. The van der Waals surface area contributed by atoms with Crippen LogP contribution >= 0.6 is 0 Å². The Morgan fingerprint density at radius 3 is 2.73 bits per heavy atom. The molecule has 0 fully saturated rings. The number of hydrogen-bond donors (Lipinski definition) is 2. The summed E-state index contributed by atoms with van der Waals surface area (Å²) in [5, 5.41) is 14.4. The molecule has 1 aromatic heterocycles. The quantitative estimate of drug-likeness (QED) is 0.742. The third-order valence-electron chi connectivity index (χ3n) is 3.57. The molecule has 1 heterocycles. The van der Waals surface area contributed by atoms with E-state index in [1.54, 1.807) is 30.3 Å². The molecule has 1 aromatic carbocycles. The summed E-state index contributed by atoms with van der Waals surface area (Å²) in [6.45, 7) is 1.44. The highest BCUT2D eigenvalue weighted by atomic mass is 16.2. The maximum atomic E-state index is 12.3. The number of aromatic nitrogens is 1. The fraction of sp³-hybridized carbons (Fsp3) is 0.263. The van der Waals surface area contributed by atoms with Crippen molar-refractivity contribution in [1.29, 1.82) is 5.26 Å². The van der Waals surface area contributed by atoms with Gasteiger partial charge in [0.05, 0.1) is 11.6 Å². The van der Waals surface area contributed by atoms with Crippen molar-refractivity contribution in [1.82, 2.24) is 15.2 Å². The molecule has 2 aromatic rings. The van der Waals surface area contributed by atoms with Gasteiger partial charge in [0.15, 0.2) is 0 Å². The van der Waals surface area contributed by atoms with Crippen molar-refractivity contribution in [3.63, 3.8) is 0 Å². The molecule has 7 nitrogen and oxygen atoms in total. The normalized spacial score (nSPS) is 10.2. The van der Waals surface area contributed by atoms with Crippen LogP contribution in [0.3, 0.4) is 0 Å². The first-order valence-corrected chi connectivity index (χ1v) is 8.20. The minimum atomic E-state index is -0.442. The number of benzene rings is 1. The number of nitrogens with one attached hydrogen (secondary N) is 2. The summed E-state index contributed by atoms with van der Waals surface area (Å²) in [6.07, 6.45) is 2.27. The smallest absolute Gasteiger partial charge is 0.274 e. The maximum Gasteiger partial charge on any atom is 0.274 e. The molecule has 0 saturated heterocycles. The van der Waals surface area contributed by atoms with Crippen molar-refractivity contribution in [2.24, 2.45) is 0 Å². The standard InChI is InChI=1S/C19H21N5O2/c1-24(2)10-4-8-22-18(25)15-7-9-21-17(12-15)19(26)23-16-6-3-5-14(11-16)13-20/h3,5-7,9,11-12H,4,8,10H2,1-2H3,(H,22,25)(H,23,26). The van der Waals surface area contributed by atoms with Crippen LogP contribution in [0.2, 0.25) is 0 Å². The van der Waals surface area contributed by atoms with Crippen LogP contribution in [-0.4, -0.2) is 48.9 Å². The van der Waals surface area contributed by atoms with Crippen LogP contribution in [0.4, 0.5) is 5.69 Å². The van der Waals surface area contributed by atoms with Crippen LogP contribution in [0.1, 0.15) is 32.8 Å². The minimum absolute atomic E-state index is 0.133. The largest absolute Gasteiger partial charge is 0.352 e. The average Bonchev–Trinajstić information content (AvgIpc) is 2.65. The molecule has 7 heteroatoms. The van der Waals surface area contributed by atoms with Gasteiger partial charge in [0, 0.05) is 24.0 Å². The van der Waals surface area contributed by atoms with Gasteiger partial charge in [-0.15, -0.1) is 0 Å². The molecule has 0 bridgehead atoms. The fourth-order valence-electron chi connectivity index (χ4n) is 2.26. The molecule has 0 radical (unpaired) electrons. The number of nitriles is 1. The van der Waals surface area contributed by atoms with E-state index < -0.39 is 5.91 Å². The molecule has 2 rings (SSSR count). The molecule has 26 heavy (non-hydrogen) atoms. The van der Waals surface area contributed by atoms with E-state index in [1.807, 2.05) is 25.1 Å². The van der Waals surface area contributed by atoms with Crippen molar-refractivity contribution in [3.05, 3.63) is 59.4 Å². The highest BCUT2D eigenvalue weighted by molar-refractivity contribution is 6.04. The zero-order chi connectivity index (χ0) is 18.9. The molecule has 0 unspecified atom stereocenters. The van der Waals surface area contributed by atoms with Crippen molar-refractivity contribution >= 4 is 17.5 Å². The Kier molecular flexibility index (Phi) is 6.83. The molecule has 2 N–H and O–H groups in total. The Morgan fingerprint density at radius 2 is 2.00 bits per heavy atom. The van der Waals surface area contributed by atoms with Crippen LogP contribution in [0.5, 0.6) is 0 Å². The lowest BCUT2D eigenvalue weighted by Crippen LogP contribution is -2.27. The van der Waals surface area contributed by atoms with Gasteiger partial charge in [-0.25, -0.2) is 0 Å². The first-order valence-electron chi connectivity index (χ1n) is 8.20. The molecule has 0 aliphatic carbocycles. The topological polar surface area (TPSA) is 98.1 Å². The lowest BCUT2D eigenvalue weighted by atomic mass is 10.2. The summed E-state index contributed by atoms with van der Waals surface area (Å²) >= 11 is 0. The van der Waals surface area contributed by atoms with E-state index in [-0.39, 0.29) is 11.6 Å². The predicted octanol–water partition coefficient (Wildman–Crippen LogP) is 1.89. The molecule has 0 atom stereocenters. The molecule has 0 spiro atoms. The van der Waals surface area contributed by atoms with Gasteiger partial charge in [0.25, 0.3) is 11.8 Å². The van der Waals surface area contributed by atoms with E-state index in [0.717, 1.165) is 13.0 Å². The van der Waals surface area contributed by atoms with Crippen molar-refractivity contribution in [2.45, 2.75) is 6.42 Å². The molecular weight excluding hydrogens is 330 g/mol. The van der Waals surface area contributed by atoms with Gasteiger partial charge < -0.3 is 15.5 Å². The van der Waals surface area contributed by atoms with Crippen molar-refractivity contribution in [2.75, 3.05) is 32.5 Å². The van der Waals surface area contributed by atoms with Crippen LogP contribution in [0.25, 0.3) is 0 Å². The van der Waals surface area contributed by atoms with Gasteiger partial charge >= 0.3 is 0 Å². The molecular formula is C19H21N5O2. The van der Waals surface area contributed by atoms with Gasteiger partial charge in [0.2, 0.25) is 0 Å². The van der Waals surface area contributed by atoms with Crippen molar-refractivity contribution < 1.29 is 9.59 Å². The minimum Gasteiger partial charge on any atom is -0.352 e. The van der Waals surface area contributed by atoms with Gasteiger partial charge in [-0.2, -0.15) is 5.26 Å². The summed E-state index contributed by atoms with van der Waals surface area (Å²) in [5.74, 6) is -0.686. The monoisotopic (exact) mass is 351 g/mol. The summed E-state index contributed by atoms with van der Waals surface area (Å²) in [7, 11) is 3.95.